The van der Waals surface area contributed by atoms with Crippen molar-refractivity contribution in [2.45, 2.75) is 83.0 Å². The zero-order valence-corrected chi connectivity index (χ0v) is 14.3. The van der Waals surface area contributed by atoms with Crippen LogP contribution in [0.2, 0.25) is 0 Å². The molecule has 2 aliphatic rings. The molecule has 23 heavy (non-hydrogen) atoms. The maximum atomic E-state index is 12.3. The van der Waals surface area contributed by atoms with Gasteiger partial charge in [0, 0.05) is 19.4 Å². The van der Waals surface area contributed by atoms with Gasteiger partial charge in [0.1, 0.15) is 12.2 Å². The molecule has 0 aromatic carbocycles. The van der Waals surface area contributed by atoms with Crippen molar-refractivity contribution in [1.82, 2.24) is 5.32 Å². The van der Waals surface area contributed by atoms with Crippen molar-refractivity contribution in [3.63, 3.8) is 0 Å². The first kappa shape index (κ1) is 18.2. The fourth-order valence-electron chi connectivity index (χ4n) is 3.38. The SMILES string of the molecule is CCOC(=O)C12C[C@H](N)[C@@H](NC(C)=O)[C@H](OC(CC)CC)C1O2. The standard InChI is InChI=1S/C16H28N2O5/c1-5-10(6-2)22-13-12(18-9(4)19)11(17)8-16(14(13)23-16)15(20)21-7-3/h10-14H,5-8,17H2,1-4H3,(H,18,19)/t11-,12+,13-,14?,16?/m0/s1. The number of amides is 1. The highest BCUT2D eigenvalue weighted by atomic mass is 16.7. The molecule has 2 rings (SSSR count). The summed E-state index contributed by atoms with van der Waals surface area (Å²) in [5.74, 6) is -0.562. The summed E-state index contributed by atoms with van der Waals surface area (Å²) in [4.78, 5) is 23.8. The van der Waals surface area contributed by atoms with Gasteiger partial charge in [0.2, 0.25) is 5.91 Å². The van der Waals surface area contributed by atoms with Crippen molar-refractivity contribution in [3.8, 4) is 0 Å². The monoisotopic (exact) mass is 328 g/mol. The van der Waals surface area contributed by atoms with Crippen molar-refractivity contribution < 1.29 is 23.8 Å². The normalized spacial score (nSPS) is 35.6. The van der Waals surface area contributed by atoms with Crippen molar-refractivity contribution in [1.29, 1.82) is 0 Å². The summed E-state index contributed by atoms with van der Waals surface area (Å²) in [6.45, 7) is 7.57. The molecule has 1 aliphatic carbocycles. The van der Waals surface area contributed by atoms with Crippen LogP contribution in [-0.2, 0) is 23.8 Å². The van der Waals surface area contributed by atoms with E-state index in [9.17, 15) is 9.59 Å². The van der Waals surface area contributed by atoms with Crippen molar-refractivity contribution in [3.05, 3.63) is 0 Å². The number of epoxide rings is 1. The molecule has 132 valence electrons. The topological polar surface area (TPSA) is 103 Å². The molecule has 1 amide bonds. The summed E-state index contributed by atoms with van der Waals surface area (Å²) in [7, 11) is 0. The van der Waals surface area contributed by atoms with Gasteiger partial charge < -0.3 is 25.3 Å². The van der Waals surface area contributed by atoms with Gasteiger partial charge in [0.25, 0.3) is 0 Å². The zero-order chi connectivity index (χ0) is 17.2. The molecular formula is C16H28N2O5. The number of carbonyl (C=O) groups excluding carboxylic acids is 2. The number of hydrogen-bond acceptors (Lipinski definition) is 6. The molecule has 0 aromatic heterocycles. The van der Waals surface area contributed by atoms with Gasteiger partial charge >= 0.3 is 5.97 Å². The van der Waals surface area contributed by atoms with Gasteiger partial charge in [-0.2, -0.15) is 0 Å². The average Bonchev–Trinajstić information content (AvgIpc) is 3.22. The van der Waals surface area contributed by atoms with Crippen LogP contribution < -0.4 is 11.1 Å². The molecule has 2 fully saturated rings. The summed E-state index contributed by atoms with van der Waals surface area (Å²) in [6, 6.07) is -0.801. The molecule has 0 radical (unpaired) electrons. The summed E-state index contributed by atoms with van der Waals surface area (Å²) in [6.07, 6.45) is 1.17. The first-order valence-electron chi connectivity index (χ1n) is 8.42. The van der Waals surface area contributed by atoms with E-state index in [0.717, 1.165) is 12.8 Å². The molecule has 0 aromatic rings. The lowest BCUT2D eigenvalue weighted by Crippen LogP contribution is -2.63. The van der Waals surface area contributed by atoms with Crippen molar-refractivity contribution in [2.24, 2.45) is 5.73 Å². The third-order valence-electron chi connectivity index (χ3n) is 4.64. The Morgan fingerprint density at radius 2 is 2.00 bits per heavy atom. The first-order valence-corrected chi connectivity index (χ1v) is 8.42. The number of ether oxygens (including phenoxy) is 3. The first-order chi connectivity index (χ1) is 10.9. The summed E-state index contributed by atoms with van der Waals surface area (Å²) in [5, 5.41) is 2.86. The minimum atomic E-state index is -1.01. The van der Waals surface area contributed by atoms with Crippen LogP contribution in [0, 0.1) is 0 Å². The Hall–Kier alpha value is -1.18. The van der Waals surface area contributed by atoms with E-state index in [2.05, 4.69) is 5.32 Å². The van der Waals surface area contributed by atoms with Crippen LogP contribution in [0.15, 0.2) is 0 Å². The molecular weight excluding hydrogens is 300 g/mol. The number of carbonyl (C=O) groups is 2. The highest BCUT2D eigenvalue weighted by molar-refractivity contribution is 5.84. The van der Waals surface area contributed by atoms with E-state index in [0.29, 0.717) is 13.0 Å². The fourth-order valence-corrected chi connectivity index (χ4v) is 3.38. The number of hydrogen-bond donors (Lipinski definition) is 2. The molecule has 5 atom stereocenters. The molecule has 1 heterocycles. The average molecular weight is 328 g/mol. The molecule has 1 saturated heterocycles. The molecule has 3 N–H and O–H groups in total. The van der Waals surface area contributed by atoms with Gasteiger partial charge in [0.15, 0.2) is 5.60 Å². The Morgan fingerprint density at radius 1 is 1.35 bits per heavy atom. The van der Waals surface area contributed by atoms with Crippen LogP contribution in [0.4, 0.5) is 0 Å². The molecule has 0 spiro atoms. The lowest BCUT2D eigenvalue weighted by atomic mass is 9.80. The predicted octanol–water partition coefficient (Wildman–Crippen LogP) is 0.497. The van der Waals surface area contributed by atoms with Crippen molar-refractivity contribution in [2.75, 3.05) is 6.61 Å². The molecule has 2 unspecified atom stereocenters. The molecule has 7 nitrogen and oxygen atoms in total. The second-order valence-corrected chi connectivity index (χ2v) is 6.28. The lowest BCUT2D eigenvalue weighted by molar-refractivity contribution is -0.151. The van der Waals surface area contributed by atoms with Crippen LogP contribution in [-0.4, -0.2) is 54.5 Å². The van der Waals surface area contributed by atoms with Gasteiger partial charge in [-0.15, -0.1) is 0 Å². The Bertz CT molecular complexity index is 454. The minimum absolute atomic E-state index is 0.0330. The maximum Gasteiger partial charge on any atom is 0.341 e. The molecule has 1 aliphatic heterocycles. The van der Waals surface area contributed by atoms with E-state index in [1.165, 1.54) is 6.92 Å². The van der Waals surface area contributed by atoms with Crippen LogP contribution in [0.3, 0.4) is 0 Å². The summed E-state index contributed by atoms with van der Waals surface area (Å²) < 4.78 is 17.0. The highest BCUT2D eigenvalue weighted by Crippen LogP contribution is 2.50. The third-order valence-corrected chi connectivity index (χ3v) is 4.64. The minimum Gasteiger partial charge on any atom is -0.464 e. The second kappa shape index (κ2) is 7.15. The summed E-state index contributed by atoms with van der Waals surface area (Å²) >= 11 is 0. The van der Waals surface area contributed by atoms with Crippen LogP contribution in [0.5, 0.6) is 0 Å². The van der Waals surface area contributed by atoms with E-state index in [4.69, 9.17) is 19.9 Å². The smallest absolute Gasteiger partial charge is 0.341 e. The van der Waals surface area contributed by atoms with Gasteiger partial charge in [-0.3, -0.25) is 4.79 Å². The van der Waals surface area contributed by atoms with Gasteiger partial charge in [-0.25, -0.2) is 4.79 Å². The Balaban J connectivity index is 2.20. The van der Waals surface area contributed by atoms with Crippen LogP contribution >= 0.6 is 0 Å². The van der Waals surface area contributed by atoms with Gasteiger partial charge in [-0.1, -0.05) is 13.8 Å². The van der Waals surface area contributed by atoms with E-state index >= 15 is 0 Å². The van der Waals surface area contributed by atoms with E-state index in [1.54, 1.807) is 6.92 Å². The van der Waals surface area contributed by atoms with Gasteiger partial charge in [-0.05, 0) is 19.8 Å². The number of nitrogens with two attached hydrogens (primary N) is 1. The Labute approximate surface area is 137 Å². The Kier molecular flexibility index (Phi) is 5.65. The number of nitrogens with one attached hydrogen (secondary N) is 1. The van der Waals surface area contributed by atoms with E-state index in [-0.39, 0.29) is 24.0 Å². The highest BCUT2D eigenvalue weighted by Gasteiger charge is 2.72. The molecule has 7 heteroatoms. The van der Waals surface area contributed by atoms with Gasteiger partial charge in [0.05, 0.1) is 18.8 Å². The fraction of sp³-hybridized carbons (Fsp3) is 0.875. The lowest BCUT2D eigenvalue weighted by Gasteiger charge is -2.38. The maximum absolute atomic E-state index is 12.3. The number of rotatable bonds is 7. The number of fused-ring (bicyclic) bond motifs is 1. The third kappa shape index (κ3) is 3.51. The van der Waals surface area contributed by atoms with E-state index < -0.39 is 23.9 Å². The zero-order valence-electron chi connectivity index (χ0n) is 14.3. The van der Waals surface area contributed by atoms with Crippen LogP contribution in [0.1, 0.15) is 47.0 Å². The molecule has 0 bridgehead atoms. The van der Waals surface area contributed by atoms with Crippen LogP contribution in [0.25, 0.3) is 0 Å². The number of esters is 1. The Morgan fingerprint density at radius 3 is 2.52 bits per heavy atom. The quantitative estimate of drug-likeness (QED) is 0.521. The van der Waals surface area contributed by atoms with Crippen molar-refractivity contribution >= 4 is 11.9 Å². The predicted molar refractivity (Wildman–Crippen MR) is 83.7 cm³/mol. The largest absolute Gasteiger partial charge is 0.464 e. The summed E-state index contributed by atoms with van der Waals surface area (Å²) in [5.41, 5.74) is 5.22. The van der Waals surface area contributed by atoms with E-state index in [1.807, 2.05) is 13.8 Å². The molecule has 1 saturated carbocycles. The second-order valence-electron chi connectivity index (χ2n) is 6.28.